The molecule has 0 saturated heterocycles. The molecular formula is C20H24N4O2. The SMILES string of the molecule is CCCC(=O)Nc1ccc(C(=O)N/N=C/c2ccc(N(C)C)cc2)cc1. The summed E-state index contributed by atoms with van der Waals surface area (Å²) in [5.41, 5.74) is 5.63. The Morgan fingerprint density at radius 1 is 1.04 bits per heavy atom. The molecule has 2 aromatic carbocycles. The molecule has 2 amide bonds. The minimum absolute atomic E-state index is 0.0328. The van der Waals surface area contributed by atoms with Crippen LogP contribution in [0, 0.1) is 0 Å². The molecule has 0 aliphatic heterocycles. The molecule has 2 aromatic rings. The summed E-state index contributed by atoms with van der Waals surface area (Å²) in [6.45, 7) is 1.95. The lowest BCUT2D eigenvalue weighted by molar-refractivity contribution is -0.116. The van der Waals surface area contributed by atoms with E-state index in [1.54, 1.807) is 30.5 Å². The number of hydrogen-bond donors (Lipinski definition) is 2. The zero-order chi connectivity index (χ0) is 18.9. The standard InChI is InChI=1S/C20H24N4O2/c1-4-5-19(25)22-17-10-8-16(9-11-17)20(26)23-21-14-15-6-12-18(13-7-15)24(2)3/h6-14H,4-5H2,1-3H3,(H,22,25)(H,23,26)/b21-14+. The molecule has 0 unspecified atom stereocenters. The molecule has 0 saturated carbocycles. The van der Waals surface area contributed by atoms with E-state index in [1.807, 2.05) is 50.2 Å². The lowest BCUT2D eigenvalue weighted by atomic mass is 10.2. The third-order valence-corrected chi connectivity index (χ3v) is 3.70. The van der Waals surface area contributed by atoms with Gasteiger partial charge in [0.2, 0.25) is 5.91 Å². The summed E-state index contributed by atoms with van der Waals surface area (Å²) in [6, 6.07) is 14.5. The lowest BCUT2D eigenvalue weighted by Gasteiger charge is -2.11. The quantitative estimate of drug-likeness (QED) is 0.593. The first-order valence-corrected chi connectivity index (χ1v) is 8.50. The Kier molecular flexibility index (Phi) is 6.91. The Labute approximate surface area is 153 Å². The second-order valence-corrected chi connectivity index (χ2v) is 6.06. The van der Waals surface area contributed by atoms with Crippen LogP contribution in [-0.2, 0) is 4.79 Å². The molecule has 0 aliphatic rings. The third kappa shape index (κ3) is 5.73. The van der Waals surface area contributed by atoms with E-state index in [1.165, 1.54) is 0 Å². The second kappa shape index (κ2) is 9.36. The minimum Gasteiger partial charge on any atom is -0.378 e. The Balaban J connectivity index is 1.90. The normalized spacial score (nSPS) is 10.6. The predicted octanol–water partition coefficient (Wildman–Crippen LogP) is 3.26. The highest BCUT2D eigenvalue weighted by molar-refractivity contribution is 5.96. The fourth-order valence-electron chi connectivity index (χ4n) is 2.24. The van der Waals surface area contributed by atoms with E-state index in [4.69, 9.17) is 0 Å². The molecule has 0 aliphatic carbocycles. The van der Waals surface area contributed by atoms with Crippen molar-refractivity contribution < 1.29 is 9.59 Å². The summed E-state index contributed by atoms with van der Waals surface area (Å²) >= 11 is 0. The summed E-state index contributed by atoms with van der Waals surface area (Å²) in [6.07, 6.45) is 2.87. The van der Waals surface area contributed by atoms with E-state index in [0.717, 1.165) is 17.7 Å². The molecule has 136 valence electrons. The molecule has 0 bridgehead atoms. The molecule has 2 rings (SSSR count). The van der Waals surface area contributed by atoms with E-state index >= 15 is 0 Å². The van der Waals surface area contributed by atoms with Crippen LogP contribution < -0.4 is 15.6 Å². The summed E-state index contributed by atoms with van der Waals surface area (Å²) in [7, 11) is 3.95. The van der Waals surface area contributed by atoms with Gasteiger partial charge in [-0.25, -0.2) is 5.43 Å². The Morgan fingerprint density at radius 2 is 1.69 bits per heavy atom. The van der Waals surface area contributed by atoms with Gasteiger partial charge in [0.1, 0.15) is 0 Å². The van der Waals surface area contributed by atoms with E-state index < -0.39 is 0 Å². The number of nitrogens with one attached hydrogen (secondary N) is 2. The van der Waals surface area contributed by atoms with E-state index in [2.05, 4.69) is 15.8 Å². The van der Waals surface area contributed by atoms with Gasteiger partial charge in [0.15, 0.2) is 0 Å². The molecule has 0 spiro atoms. The van der Waals surface area contributed by atoms with Crippen molar-refractivity contribution in [3.8, 4) is 0 Å². The van der Waals surface area contributed by atoms with Crippen LogP contribution in [-0.4, -0.2) is 32.1 Å². The van der Waals surface area contributed by atoms with Gasteiger partial charge in [-0.2, -0.15) is 5.10 Å². The molecule has 26 heavy (non-hydrogen) atoms. The summed E-state index contributed by atoms with van der Waals surface area (Å²) in [5, 5.41) is 6.76. The number of benzene rings is 2. The predicted molar refractivity (Wildman–Crippen MR) is 106 cm³/mol. The van der Waals surface area contributed by atoms with Crippen molar-refractivity contribution in [3.63, 3.8) is 0 Å². The second-order valence-electron chi connectivity index (χ2n) is 6.06. The number of nitrogens with zero attached hydrogens (tertiary/aromatic N) is 2. The smallest absolute Gasteiger partial charge is 0.271 e. The van der Waals surface area contributed by atoms with Gasteiger partial charge in [0.05, 0.1) is 6.21 Å². The van der Waals surface area contributed by atoms with Crippen LogP contribution in [0.5, 0.6) is 0 Å². The van der Waals surface area contributed by atoms with Crippen LogP contribution in [0.2, 0.25) is 0 Å². The van der Waals surface area contributed by atoms with Crippen molar-refractivity contribution in [1.82, 2.24) is 5.43 Å². The van der Waals surface area contributed by atoms with E-state index in [-0.39, 0.29) is 11.8 Å². The van der Waals surface area contributed by atoms with Crippen LogP contribution in [0.15, 0.2) is 53.6 Å². The molecule has 0 aromatic heterocycles. The van der Waals surface area contributed by atoms with Gasteiger partial charge in [0, 0.05) is 37.5 Å². The van der Waals surface area contributed by atoms with Crippen LogP contribution in [0.4, 0.5) is 11.4 Å². The maximum absolute atomic E-state index is 12.1. The van der Waals surface area contributed by atoms with Gasteiger partial charge >= 0.3 is 0 Å². The van der Waals surface area contributed by atoms with Gasteiger partial charge in [-0.05, 0) is 48.4 Å². The van der Waals surface area contributed by atoms with Gasteiger partial charge in [-0.1, -0.05) is 19.1 Å². The first-order chi connectivity index (χ1) is 12.5. The van der Waals surface area contributed by atoms with E-state index in [9.17, 15) is 9.59 Å². The van der Waals surface area contributed by atoms with Crippen LogP contribution in [0.25, 0.3) is 0 Å². The number of carbonyl (C=O) groups is 2. The molecule has 6 heteroatoms. The summed E-state index contributed by atoms with van der Waals surface area (Å²) < 4.78 is 0. The van der Waals surface area contributed by atoms with Gasteiger partial charge < -0.3 is 10.2 Å². The Morgan fingerprint density at radius 3 is 2.27 bits per heavy atom. The number of hydrogen-bond acceptors (Lipinski definition) is 4. The number of rotatable bonds is 7. The summed E-state index contributed by atoms with van der Waals surface area (Å²) in [5.74, 6) is -0.341. The van der Waals surface area contributed by atoms with Crippen molar-refractivity contribution in [2.24, 2.45) is 5.10 Å². The van der Waals surface area contributed by atoms with Crippen molar-refractivity contribution in [2.75, 3.05) is 24.3 Å². The molecule has 0 radical (unpaired) electrons. The molecule has 6 nitrogen and oxygen atoms in total. The Bertz CT molecular complexity index is 765. The third-order valence-electron chi connectivity index (χ3n) is 3.70. The van der Waals surface area contributed by atoms with Gasteiger partial charge in [-0.3, -0.25) is 9.59 Å². The van der Waals surface area contributed by atoms with Crippen molar-refractivity contribution in [1.29, 1.82) is 0 Å². The highest BCUT2D eigenvalue weighted by atomic mass is 16.2. The summed E-state index contributed by atoms with van der Waals surface area (Å²) in [4.78, 5) is 25.7. The van der Waals surface area contributed by atoms with Crippen LogP contribution in [0.1, 0.15) is 35.7 Å². The largest absolute Gasteiger partial charge is 0.378 e. The lowest BCUT2D eigenvalue weighted by Crippen LogP contribution is -2.17. The fraction of sp³-hybridized carbons (Fsp3) is 0.250. The molecule has 0 atom stereocenters. The number of hydrazone groups is 1. The maximum atomic E-state index is 12.1. The zero-order valence-corrected chi connectivity index (χ0v) is 15.3. The van der Waals surface area contributed by atoms with Crippen molar-refractivity contribution in [3.05, 3.63) is 59.7 Å². The average Bonchev–Trinajstić information content (AvgIpc) is 2.63. The molecule has 2 N–H and O–H groups in total. The maximum Gasteiger partial charge on any atom is 0.271 e. The minimum atomic E-state index is -0.308. The van der Waals surface area contributed by atoms with Crippen molar-refractivity contribution in [2.45, 2.75) is 19.8 Å². The first-order valence-electron chi connectivity index (χ1n) is 8.50. The monoisotopic (exact) mass is 352 g/mol. The molecule has 0 heterocycles. The number of amides is 2. The topological polar surface area (TPSA) is 73.8 Å². The highest BCUT2D eigenvalue weighted by Crippen LogP contribution is 2.12. The number of carbonyl (C=O) groups excluding carboxylic acids is 2. The fourth-order valence-corrected chi connectivity index (χ4v) is 2.24. The van der Waals surface area contributed by atoms with Crippen molar-refractivity contribution >= 4 is 29.4 Å². The zero-order valence-electron chi connectivity index (χ0n) is 15.3. The van der Waals surface area contributed by atoms with Gasteiger partial charge in [-0.15, -0.1) is 0 Å². The average molecular weight is 352 g/mol. The number of anilines is 2. The first kappa shape index (κ1) is 19.2. The molecule has 0 fully saturated rings. The molecular weight excluding hydrogens is 328 g/mol. The van der Waals surface area contributed by atoms with Gasteiger partial charge in [0.25, 0.3) is 5.91 Å². The van der Waals surface area contributed by atoms with E-state index in [0.29, 0.717) is 17.7 Å². The Hall–Kier alpha value is -3.15. The highest BCUT2D eigenvalue weighted by Gasteiger charge is 2.05. The van der Waals surface area contributed by atoms with Crippen LogP contribution in [0.3, 0.4) is 0 Å². The van der Waals surface area contributed by atoms with Crippen LogP contribution >= 0.6 is 0 Å².